The molecular formula is C10H19F3N2O2. The average molecular weight is 256 g/mol. The van der Waals surface area contributed by atoms with Crippen LogP contribution in [0.3, 0.4) is 0 Å². The highest BCUT2D eigenvalue weighted by atomic mass is 19.4. The molecule has 0 fully saturated rings. The summed E-state index contributed by atoms with van der Waals surface area (Å²) in [6.45, 7) is 2.36. The van der Waals surface area contributed by atoms with E-state index in [4.69, 9.17) is 0 Å². The predicted molar refractivity (Wildman–Crippen MR) is 57.7 cm³/mol. The van der Waals surface area contributed by atoms with Gasteiger partial charge in [0.05, 0.1) is 0 Å². The van der Waals surface area contributed by atoms with Gasteiger partial charge in [0.1, 0.15) is 6.61 Å². The zero-order valence-corrected chi connectivity index (χ0v) is 9.90. The second-order valence-electron chi connectivity index (χ2n) is 3.47. The van der Waals surface area contributed by atoms with Crippen molar-refractivity contribution in [3.63, 3.8) is 0 Å². The van der Waals surface area contributed by atoms with Crippen molar-refractivity contribution in [3.05, 3.63) is 0 Å². The SMILES string of the molecule is CCNC(=O)CCNCCCOCC(F)(F)F. The quantitative estimate of drug-likeness (QED) is 0.607. The lowest BCUT2D eigenvalue weighted by atomic mass is 10.3. The van der Waals surface area contributed by atoms with Gasteiger partial charge < -0.3 is 15.4 Å². The summed E-state index contributed by atoms with van der Waals surface area (Å²) in [6, 6.07) is 0. The van der Waals surface area contributed by atoms with E-state index in [1.165, 1.54) is 0 Å². The molecule has 0 bridgehead atoms. The molecule has 0 aliphatic rings. The van der Waals surface area contributed by atoms with Gasteiger partial charge in [-0.25, -0.2) is 0 Å². The largest absolute Gasteiger partial charge is 0.411 e. The lowest BCUT2D eigenvalue weighted by Crippen LogP contribution is -2.28. The molecule has 0 atom stereocenters. The Morgan fingerprint density at radius 3 is 2.59 bits per heavy atom. The molecule has 0 aliphatic carbocycles. The zero-order chi connectivity index (χ0) is 13.1. The molecular weight excluding hydrogens is 237 g/mol. The van der Waals surface area contributed by atoms with E-state index in [0.717, 1.165) is 0 Å². The lowest BCUT2D eigenvalue weighted by molar-refractivity contribution is -0.173. The molecule has 0 aromatic heterocycles. The maximum atomic E-state index is 11.7. The molecule has 7 heteroatoms. The Bertz CT molecular complexity index is 210. The average Bonchev–Trinajstić information content (AvgIpc) is 2.21. The smallest absolute Gasteiger partial charge is 0.372 e. The summed E-state index contributed by atoms with van der Waals surface area (Å²) >= 11 is 0. The van der Waals surface area contributed by atoms with Crippen LogP contribution >= 0.6 is 0 Å². The molecule has 1 amide bonds. The first-order valence-electron chi connectivity index (χ1n) is 5.57. The van der Waals surface area contributed by atoms with Crippen LogP contribution in [0.25, 0.3) is 0 Å². The summed E-state index contributed by atoms with van der Waals surface area (Å²) < 4.78 is 39.4. The molecule has 0 radical (unpaired) electrons. The van der Waals surface area contributed by atoms with Crippen molar-refractivity contribution in [3.8, 4) is 0 Å². The fourth-order valence-electron chi connectivity index (χ4n) is 1.10. The molecule has 0 aromatic rings. The van der Waals surface area contributed by atoms with Crippen molar-refractivity contribution < 1.29 is 22.7 Å². The van der Waals surface area contributed by atoms with Gasteiger partial charge >= 0.3 is 6.18 Å². The summed E-state index contributed by atoms with van der Waals surface area (Å²) in [4.78, 5) is 11.0. The van der Waals surface area contributed by atoms with Gasteiger partial charge in [0.25, 0.3) is 0 Å². The maximum Gasteiger partial charge on any atom is 0.411 e. The van der Waals surface area contributed by atoms with Gasteiger partial charge in [0.15, 0.2) is 0 Å². The Hall–Kier alpha value is -0.820. The highest BCUT2D eigenvalue weighted by Gasteiger charge is 2.27. The third kappa shape index (κ3) is 13.1. The Kier molecular flexibility index (Phi) is 8.79. The number of carbonyl (C=O) groups is 1. The number of hydrogen-bond acceptors (Lipinski definition) is 3. The van der Waals surface area contributed by atoms with E-state index in [1.54, 1.807) is 0 Å². The Balaban J connectivity index is 3.16. The fourth-order valence-corrected chi connectivity index (χ4v) is 1.10. The fraction of sp³-hybridized carbons (Fsp3) is 0.900. The topological polar surface area (TPSA) is 50.4 Å². The van der Waals surface area contributed by atoms with Crippen LogP contribution in [0, 0.1) is 0 Å². The van der Waals surface area contributed by atoms with Gasteiger partial charge in [-0.1, -0.05) is 0 Å². The van der Waals surface area contributed by atoms with Crippen LogP contribution in [-0.4, -0.2) is 44.9 Å². The van der Waals surface area contributed by atoms with E-state index in [0.29, 0.717) is 32.5 Å². The van der Waals surface area contributed by atoms with Gasteiger partial charge in [-0.15, -0.1) is 0 Å². The Morgan fingerprint density at radius 1 is 1.29 bits per heavy atom. The first kappa shape index (κ1) is 16.2. The van der Waals surface area contributed by atoms with Gasteiger partial charge in [-0.05, 0) is 19.9 Å². The standard InChI is InChI=1S/C10H19F3N2O2/c1-2-15-9(16)4-6-14-5-3-7-17-8-10(11,12)13/h14H,2-8H2,1H3,(H,15,16). The van der Waals surface area contributed by atoms with Gasteiger partial charge in [0.2, 0.25) is 5.91 Å². The molecule has 4 nitrogen and oxygen atoms in total. The van der Waals surface area contributed by atoms with E-state index < -0.39 is 12.8 Å². The normalized spacial score (nSPS) is 11.5. The minimum Gasteiger partial charge on any atom is -0.372 e. The Morgan fingerprint density at radius 2 is 2.00 bits per heavy atom. The number of hydrogen-bond donors (Lipinski definition) is 2. The van der Waals surface area contributed by atoms with E-state index in [1.807, 2.05) is 6.92 Å². The Labute approximate surface area is 98.9 Å². The van der Waals surface area contributed by atoms with E-state index in [9.17, 15) is 18.0 Å². The highest BCUT2D eigenvalue weighted by Crippen LogP contribution is 2.14. The molecule has 0 aliphatic heterocycles. The van der Waals surface area contributed by atoms with Crippen LogP contribution in [-0.2, 0) is 9.53 Å². The van der Waals surface area contributed by atoms with Crippen molar-refractivity contribution in [1.29, 1.82) is 0 Å². The summed E-state index contributed by atoms with van der Waals surface area (Å²) in [5.41, 5.74) is 0. The summed E-state index contributed by atoms with van der Waals surface area (Å²) in [7, 11) is 0. The van der Waals surface area contributed by atoms with E-state index in [-0.39, 0.29) is 12.5 Å². The van der Waals surface area contributed by atoms with Crippen LogP contribution in [0.1, 0.15) is 19.8 Å². The monoisotopic (exact) mass is 256 g/mol. The molecule has 2 N–H and O–H groups in total. The predicted octanol–water partition coefficient (Wildman–Crippen LogP) is 1.07. The van der Waals surface area contributed by atoms with Crippen molar-refractivity contribution in [2.45, 2.75) is 25.9 Å². The number of alkyl halides is 3. The van der Waals surface area contributed by atoms with Gasteiger partial charge in [0, 0.05) is 26.1 Å². The molecule has 0 saturated heterocycles. The first-order valence-corrected chi connectivity index (χ1v) is 5.57. The van der Waals surface area contributed by atoms with Crippen LogP contribution in [0.4, 0.5) is 13.2 Å². The second kappa shape index (κ2) is 9.23. The van der Waals surface area contributed by atoms with Crippen molar-refractivity contribution in [1.82, 2.24) is 10.6 Å². The van der Waals surface area contributed by atoms with Crippen molar-refractivity contribution in [2.24, 2.45) is 0 Å². The minimum absolute atomic E-state index is 0.0340. The molecule has 0 aromatic carbocycles. The van der Waals surface area contributed by atoms with E-state index >= 15 is 0 Å². The molecule has 0 heterocycles. The number of nitrogens with one attached hydrogen (secondary N) is 2. The molecule has 17 heavy (non-hydrogen) atoms. The first-order chi connectivity index (χ1) is 7.95. The number of halogens is 3. The summed E-state index contributed by atoms with van der Waals surface area (Å²) in [6.07, 6.45) is -3.39. The molecule has 0 spiro atoms. The molecule has 0 rings (SSSR count). The third-order valence-electron chi connectivity index (χ3n) is 1.81. The number of carbonyl (C=O) groups excluding carboxylic acids is 1. The number of rotatable bonds is 9. The highest BCUT2D eigenvalue weighted by molar-refractivity contribution is 5.75. The lowest BCUT2D eigenvalue weighted by Gasteiger charge is -2.08. The summed E-state index contributed by atoms with van der Waals surface area (Å²) in [5, 5.41) is 5.59. The number of ether oxygens (including phenoxy) is 1. The maximum absolute atomic E-state index is 11.7. The molecule has 102 valence electrons. The van der Waals surface area contributed by atoms with Crippen molar-refractivity contribution >= 4 is 5.91 Å². The zero-order valence-electron chi connectivity index (χ0n) is 9.90. The van der Waals surface area contributed by atoms with Crippen LogP contribution in [0.2, 0.25) is 0 Å². The third-order valence-corrected chi connectivity index (χ3v) is 1.81. The van der Waals surface area contributed by atoms with Gasteiger partial charge in [-0.2, -0.15) is 13.2 Å². The van der Waals surface area contributed by atoms with Crippen molar-refractivity contribution in [2.75, 3.05) is 32.8 Å². The van der Waals surface area contributed by atoms with E-state index in [2.05, 4.69) is 15.4 Å². The van der Waals surface area contributed by atoms with Crippen LogP contribution in [0.5, 0.6) is 0 Å². The number of amides is 1. The molecule has 0 unspecified atom stereocenters. The summed E-state index contributed by atoms with van der Waals surface area (Å²) in [5.74, 6) is -0.0340. The molecule has 0 saturated carbocycles. The van der Waals surface area contributed by atoms with Crippen LogP contribution in [0.15, 0.2) is 0 Å². The second-order valence-corrected chi connectivity index (χ2v) is 3.47. The van der Waals surface area contributed by atoms with Crippen LogP contribution < -0.4 is 10.6 Å². The minimum atomic E-state index is -4.26. The van der Waals surface area contributed by atoms with Gasteiger partial charge in [-0.3, -0.25) is 4.79 Å².